The number of rotatable bonds is 4. The molecular weight excluding hydrogens is 288 g/mol. The first-order chi connectivity index (χ1) is 10.2. The van der Waals surface area contributed by atoms with Gasteiger partial charge in [-0.15, -0.1) is 5.10 Å². The molecule has 1 amide bonds. The van der Waals surface area contributed by atoms with Crippen LogP contribution in [0.1, 0.15) is 34.4 Å². The molecule has 2 aromatic rings. The Kier molecular flexibility index (Phi) is 5.37. The molecule has 0 saturated carbocycles. The zero-order valence-electron chi connectivity index (χ0n) is 11.5. The molecule has 0 spiro atoms. The molecule has 0 saturated heterocycles. The first-order valence-electron chi connectivity index (χ1n) is 6.44. The van der Waals surface area contributed by atoms with Gasteiger partial charge in [-0.05, 0) is 36.0 Å². The second-order valence-electron chi connectivity index (χ2n) is 4.12. The number of pyridine rings is 1. The highest BCUT2D eigenvalue weighted by molar-refractivity contribution is 7.08. The van der Waals surface area contributed by atoms with E-state index in [0.717, 1.165) is 18.0 Å². The van der Waals surface area contributed by atoms with Gasteiger partial charge in [-0.3, -0.25) is 4.79 Å². The summed E-state index contributed by atoms with van der Waals surface area (Å²) in [5.41, 5.74) is 1.19. The number of nitrogens with zero attached hydrogens (tertiary/aromatic N) is 3. The highest BCUT2D eigenvalue weighted by Gasteiger charge is 2.16. The van der Waals surface area contributed by atoms with Gasteiger partial charge in [0, 0.05) is 0 Å². The van der Waals surface area contributed by atoms with Crippen molar-refractivity contribution >= 4 is 23.3 Å². The number of anilines is 1. The lowest BCUT2D eigenvalue weighted by atomic mass is 10.2. The zero-order chi connectivity index (χ0) is 15.1. The van der Waals surface area contributed by atoms with Gasteiger partial charge in [0.1, 0.15) is 23.0 Å². The summed E-state index contributed by atoms with van der Waals surface area (Å²) in [6, 6.07) is 5.12. The predicted molar refractivity (Wildman–Crippen MR) is 80.1 cm³/mol. The van der Waals surface area contributed by atoms with Crippen molar-refractivity contribution in [2.24, 2.45) is 0 Å². The Hall–Kier alpha value is -2.30. The monoisotopic (exact) mass is 302 g/mol. The minimum Gasteiger partial charge on any atom is -0.384 e. The predicted octanol–water partition coefficient (Wildman–Crippen LogP) is 1.48. The third kappa shape index (κ3) is 4.08. The van der Waals surface area contributed by atoms with E-state index in [9.17, 15) is 4.79 Å². The molecule has 0 radical (unpaired) electrons. The molecule has 0 aliphatic heterocycles. The average molecular weight is 302 g/mol. The molecule has 2 rings (SSSR count). The maximum Gasteiger partial charge on any atom is 0.270 e. The number of carbonyl (C=O) groups is 1. The molecule has 0 atom stereocenters. The molecule has 2 aromatic heterocycles. The number of hydrogen-bond donors (Lipinski definition) is 2. The van der Waals surface area contributed by atoms with Crippen molar-refractivity contribution in [1.82, 2.24) is 14.6 Å². The third-order valence-corrected chi connectivity index (χ3v) is 3.30. The molecule has 0 aromatic carbocycles. The van der Waals surface area contributed by atoms with E-state index in [4.69, 9.17) is 5.11 Å². The van der Waals surface area contributed by atoms with E-state index in [1.165, 1.54) is 0 Å². The van der Waals surface area contributed by atoms with Gasteiger partial charge >= 0.3 is 0 Å². The van der Waals surface area contributed by atoms with E-state index in [-0.39, 0.29) is 12.5 Å². The minimum atomic E-state index is -0.270. The van der Waals surface area contributed by atoms with Crippen LogP contribution in [0, 0.1) is 11.8 Å². The van der Waals surface area contributed by atoms with Gasteiger partial charge in [0.2, 0.25) is 0 Å². The van der Waals surface area contributed by atoms with Crippen LogP contribution in [0.15, 0.2) is 18.2 Å². The van der Waals surface area contributed by atoms with E-state index in [2.05, 4.69) is 31.7 Å². The highest BCUT2D eigenvalue weighted by atomic mass is 32.1. The number of aryl methyl sites for hydroxylation is 1. The topological polar surface area (TPSA) is 88.0 Å². The van der Waals surface area contributed by atoms with Crippen LogP contribution in [0.3, 0.4) is 0 Å². The van der Waals surface area contributed by atoms with Crippen LogP contribution in [0.4, 0.5) is 5.82 Å². The Balaban J connectivity index is 2.14. The van der Waals surface area contributed by atoms with Gasteiger partial charge in [0.15, 0.2) is 0 Å². The molecule has 7 heteroatoms. The molecule has 0 aliphatic rings. The molecule has 0 unspecified atom stereocenters. The SMILES string of the molecule is CCCc1nnsc1C(=O)Nc1cccc(C#CCO)n1. The van der Waals surface area contributed by atoms with Crippen molar-refractivity contribution in [3.63, 3.8) is 0 Å². The highest BCUT2D eigenvalue weighted by Crippen LogP contribution is 2.15. The van der Waals surface area contributed by atoms with Crippen LogP contribution < -0.4 is 5.32 Å². The van der Waals surface area contributed by atoms with Crippen LogP contribution in [-0.4, -0.2) is 32.2 Å². The molecule has 2 heterocycles. The fourth-order valence-electron chi connectivity index (χ4n) is 1.66. The fraction of sp³-hybridized carbons (Fsp3) is 0.286. The second-order valence-corrected chi connectivity index (χ2v) is 4.87. The Morgan fingerprint density at radius 3 is 3.10 bits per heavy atom. The molecule has 6 nitrogen and oxygen atoms in total. The number of aliphatic hydroxyl groups excluding tert-OH is 1. The fourth-order valence-corrected chi connectivity index (χ4v) is 2.26. The lowest BCUT2D eigenvalue weighted by Crippen LogP contribution is -2.13. The average Bonchev–Trinajstić information content (AvgIpc) is 2.94. The molecule has 21 heavy (non-hydrogen) atoms. The maximum absolute atomic E-state index is 12.2. The molecule has 0 bridgehead atoms. The van der Waals surface area contributed by atoms with Gasteiger partial charge in [-0.25, -0.2) is 4.98 Å². The Morgan fingerprint density at radius 1 is 1.48 bits per heavy atom. The summed E-state index contributed by atoms with van der Waals surface area (Å²) in [6.45, 7) is 1.79. The lowest BCUT2D eigenvalue weighted by Gasteiger charge is -2.03. The van der Waals surface area contributed by atoms with Gasteiger partial charge in [-0.1, -0.05) is 29.8 Å². The van der Waals surface area contributed by atoms with Crippen molar-refractivity contribution in [3.05, 3.63) is 34.5 Å². The van der Waals surface area contributed by atoms with E-state index in [1.807, 2.05) is 6.92 Å². The van der Waals surface area contributed by atoms with Crippen LogP contribution in [0.5, 0.6) is 0 Å². The van der Waals surface area contributed by atoms with Crippen molar-refractivity contribution in [3.8, 4) is 11.8 Å². The first kappa shape index (κ1) is 15.1. The smallest absolute Gasteiger partial charge is 0.270 e. The molecule has 0 fully saturated rings. The maximum atomic E-state index is 12.2. The van der Waals surface area contributed by atoms with Gasteiger partial charge < -0.3 is 10.4 Å². The van der Waals surface area contributed by atoms with Gasteiger partial charge in [-0.2, -0.15) is 0 Å². The number of carbonyl (C=O) groups excluding carboxylic acids is 1. The second kappa shape index (κ2) is 7.47. The number of nitrogens with one attached hydrogen (secondary N) is 1. The van der Waals surface area contributed by atoms with Crippen molar-refractivity contribution in [1.29, 1.82) is 0 Å². The quantitative estimate of drug-likeness (QED) is 0.835. The van der Waals surface area contributed by atoms with Crippen molar-refractivity contribution < 1.29 is 9.90 Å². The number of aliphatic hydroxyl groups is 1. The Labute approximate surface area is 126 Å². The summed E-state index contributed by atoms with van der Waals surface area (Å²) in [4.78, 5) is 16.9. The standard InChI is InChI=1S/C14H14N4O2S/c1-2-5-11-13(21-18-17-11)14(20)16-12-8-3-6-10(15-12)7-4-9-19/h3,6,8,19H,2,5,9H2,1H3,(H,15,16,20). The van der Waals surface area contributed by atoms with Crippen LogP contribution in [0.2, 0.25) is 0 Å². The summed E-state index contributed by atoms with van der Waals surface area (Å²) < 4.78 is 3.82. The Morgan fingerprint density at radius 2 is 2.33 bits per heavy atom. The lowest BCUT2D eigenvalue weighted by molar-refractivity contribution is 0.102. The van der Waals surface area contributed by atoms with E-state index in [1.54, 1.807) is 18.2 Å². The minimum absolute atomic E-state index is 0.231. The van der Waals surface area contributed by atoms with Gasteiger partial charge in [0.05, 0.1) is 5.69 Å². The summed E-state index contributed by atoms with van der Waals surface area (Å²) in [7, 11) is 0. The van der Waals surface area contributed by atoms with E-state index < -0.39 is 0 Å². The van der Waals surface area contributed by atoms with E-state index in [0.29, 0.717) is 28.5 Å². The molecule has 2 N–H and O–H groups in total. The summed E-state index contributed by atoms with van der Waals surface area (Å²) in [6.07, 6.45) is 1.62. The van der Waals surface area contributed by atoms with Crippen molar-refractivity contribution in [2.75, 3.05) is 11.9 Å². The summed E-state index contributed by atoms with van der Waals surface area (Å²) in [5.74, 6) is 5.33. The normalized spacial score (nSPS) is 9.81. The third-order valence-electron chi connectivity index (χ3n) is 2.53. The number of hydrogen-bond acceptors (Lipinski definition) is 6. The Bertz CT molecular complexity index is 688. The number of amides is 1. The number of aromatic nitrogens is 3. The zero-order valence-corrected chi connectivity index (χ0v) is 12.3. The molecule has 0 aliphatic carbocycles. The summed E-state index contributed by atoms with van der Waals surface area (Å²) >= 11 is 1.07. The first-order valence-corrected chi connectivity index (χ1v) is 7.21. The van der Waals surface area contributed by atoms with Crippen LogP contribution in [-0.2, 0) is 6.42 Å². The van der Waals surface area contributed by atoms with Crippen LogP contribution in [0.25, 0.3) is 0 Å². The van der Waals surface area contributed by atoms with Crippen molar-refractivity contribution in [2.45, 2.75) is 19.8 Å². The molecule has 108 valence electrons. The summed E-state index contributed by atoms with van der Waals surface area (Å²) in [5, 5.41) is 15.3. The van der Waals surface area contributed by atoms with E-state index >= 15 is 0 Å². The molecular formula is C14H14N4O2S. The van der Waals surface area contributed by atoms with Gasteiger partial charge in [0.25, 0.3) is 5.91 Å². The van der Waals surface area contributed by atoms with Crippen LogP contribution >= 0.6 is 11.5 Å². The largest absolute Gasteiger partial charge is 0.384 e.